The number of hydrogen-bond acceptors (Lipinski definition) is 3. The van der Waals surface area contributed by atoms with Gasteiger partial charge in [0, 0.05) is 24.8 Å². The summed E-state index contributed by atoms with van der Waals surface area (Å²) < 4.78 is 0. The third-order valence-electron chi connectivity index (χ3n) is 3.41. The van der Waals surface area contributed by atoms with Gasteiger partial charge in [-0.2, -0.15) is 0 Å². The predicted octanol–water partition coefficient (Wildman–Crippen LogP) is 1.76. The van der Waals surface area contributed by atoms with Crippen molar-refractivity contribution in [3.8, 4) is 0 Å². The van der Waals surface area contributed by atoms with Crippen LogP contribution in [0.5, 0.6) is 0 Å². The molecule has 0 aromatic heterocycles. The largest absolute Gasteiger partial charge is 0.398 e. The second-order valence-corrected chi connectivity index (χ2v) is 5.18. The molecule has 1 fully saturated rings. The van der Waals surface area contributed by atoms with Crippen LogP contribution in [-0.4, -0.2) is 29.9 Å². The van der Waals surface area contributed by atoms with Gasteiger partial charge in [-0.3, -0.25) is 9.69 Å². The van der Waals surface area contributed by atoms with Gasteiger partial charge in [0.05, 0.1) is 6.54 Å². The number of nitrogens with one attached hydrogen (secondary N) is 1. The summed E-state index contributed by atoms with van der Waals surface area (Å²) in [5, 5.41) is 2.93. The van der Waals surface area contributed by atoms with Crippen molar-refractivity contribution in [2.75, 3.05) is 18.8 Å². The van der Waals surface area contributed by atoms with E-state index in [1.807, 2.05) is 24.3 Å². The third kappa shape index (κ3) is 4.24. The fourth-order valence-corrected chi connectivity index (χ4v) is 2.16. The molecular weight excluding hydrogens is 238 g/mol. The fourth-order valence-electron chi connectivity index (χ4n) is 2.16. The maximum absolute atomic E-state index is 11.8. The van der Waals surface area contributed by atoms with Crippen LogP contribution in [0.3, 0.4) is 0 Å². The Morgan fingerprint density at radius 2 is 2.16 bits per heavy atom. The Morgan fingerprint density at radius 3 is 2.79 bits per heavy atom. The van der Waals surface area contributed by atoms with Crippen LogP contribution in [0.2, 0.25) is 0 Å². The number of hydrogen-bond donors (Lipinski definition) is 2. The summed E-state index contributed by atoms with van der Waals surface area (Å²) >= 11 is 0. The molecule has 1 aromatic rings. The van der Waals surface area contributed by atoms with E-state index in [0.29, 0.717) is 12.6 Å². The minimum Gasteiger partial charge on any atom is -0.398 e. The van der Waals surface area contributed by atoms with Gasteiger partial charge in [-0.25, -0.2) is 0 Å². The average Bonchev–Trinajstić information content (AvgIpc) is 3.22. The first kappa shape index (κ1) is 13.9. The normalized spacial score (nSPS) is 14.6. The van der Waals surface area contributed by atoms with E-state index in [-0.39, 0.29) is 5.91 Å². The van der Waals surface area contributed by atoms with Crippen LogP contribution < -0.4 is 11.1 Å². The molecule has 0 heterocycles. The number of nitrogens with two attached hydrogens (primary N) is 1. The molecule has 0 atom stereocenters. The van der Waals surface area contributed by atoms with Crippen molar-refractivity contribution in [3.05, 3.63) is 29.8 Å². The summed E-state index contributed by atoms with van der Waals surface area (Å²) in [7, 11) is 0. The van der Waals surface area contributed by atoms with Crippen molar-refractivity contribution < 1.29 is 4.79 Å². The fraction of sp³-hybridized carbons (Fsp3) is 0.533. The van der Waals surface area contributed by atoms with Crippen LogP contribution in [0.25, 0.3) is 0 Å². The number of amides is 1. The lowest BCUT2D eigenvalue weighted by atomic mass is 10.1. The highest BCUT2D eigenvalue weighted by molar-refractivity contribution is 5.78. The maximum Gasteiger partial charge on any atom is 0.234 e. The van der Waals surface area contributed by atoms with Crippen LogP contribution >= 0.6 is 0 Å². The Morgan fingerprint density at radius 1 is 1.42 bits per heavy atom. The van der Waals surface area contributed by atoms with Gasteiger partial charge in [0.25, 0.3) is 0 Å². The van der Waals surface area contributed by atoms with Crippen molar-refractivity contribution in [2.24, 2.45) is 0 Å². The van der Waals surface area contributed by atoms with Gasteiger partial charge in [0.1, 0.15) is 0 Å². The zero-order chi connectivity index (χ0) is 13.7. The number of nitrogen functional groups attached to an aromatic ring is 1. The van der Waals surface area contributed by atoms with Crippen LogP contribution in [0.1, 0.15) is 31.7 Å². The van der Waals surface area contributed by atoms with Crippen molar-refractivity contribution in [1.82, 2.24) is 10.2 Å². The zero-order valence-corrected chi connectivity index (χ0v) is 11.6. The molecule has 0 bridgehead atoms. The van der Waals surface area contributed by atoms with Gasteiger partial charge in [0.2, 0.25) is 5.91 Å². The Bertz CT molecular complexity index is 429. The van der Waals surface area contributed by atoms with E-state index in [1.54, 1.807) is 0 Å². The van der Waals surface area contributed by atoms with E-state index < -0.39 is 0 Å². The smallest absolute Gasteiger partial charge is 0.234 e. The highest BCUT2D eigenvalue weighted by Gasteiger charge is 2.30. The Kier molecular flexibility index (Phi) is 4.80. The molecule has 1 aliphatic carbocycles. The summed E-state index contributed by atoms with van der Waals surface area (Å²) in [4.78, 5) is 14.1. The summed E-state index contributed by atoms with van der Waals surface area (Å²) in [6.07, 6.45) is 3.35. The van der Waals surface area contributed by atoms with Crippen LogP contribution in [0, 0.1) is 0 Å². The van der Waals surface area contributed by atoms with Gasteiger partial charge >= 0.3 is 0 Å². The molecule has 1 amide bonds. The first-order valence-electron chi connectivity index (χ1n) is 7.05. The summed E-state index contributed by atoms with van der Waals surface area (Å²) in [5.74, 6) is 0.114. The summed E-state index contributed by atoms with van der Waals surface area (Å²) in [6.45, 7) is 4.05. The van der Waals surface area contributed by atoms with Crippen molar-refractivity contribution in [1.29, 1.82) is 0 Å². The van der Waals surface area contributed by atoms with Crippen molar-refractivity contribution in [2.45, 2.75) is 38.8 Å². The lowest BCUT2D eigenvalue weighted by Gasteiger charge is -2.22. The van der Waals surface area contributed by atoms with E-state index in [0.717, 1.165) is 30.8 Å². The average molecular weight is 261 g/mol. The number of benzene rings is 1. The Labute approximate surface area is 115 Å². The van der Waals surface area contributed by atoms with Crippen molar-refractivity contribution >= 4 is 11.6 Å². The molecule has 104 valence electrons. The molecule has 2 rings (SSSR count). The first-order chi connectivity index (χ1) is 9.20. The molecule has 0 saturated heterocycles. The lowest BCUT2D eigenvalue weighted by Crippen LogP contribution is -2.38. The second kappa shape index (κ2) is 6.57. The van der Waals surface area contributed by atoms with E-state index in [2.05, 4.69) is 17.1 Å². The van der Waals surface area contributed by atoms with Gasteiger partial charge in [-0.1, -0.05) is 25.1 Å². The standard InChI is InChI=1S/C15H23N3O/c1-2-9-17-15(19)11-18(13-7-8-13)10-12-5-3-4-6-14(12)16/h3-6,13H,2,7-11,16H2,1H3,(H,17,19). The van der Waals surface area contributed by atoms with Gasteiger partial charge in [-0.05, 0) is 30.9 Å². The molecule has 1 aromatic carbocycles. The van der Waals surface area contributed by atoms with E-state index in [1.165, 1.54) is 12.8 Å². The molecule has 3 N–H and O–H groups in total. The topological polar surface area (TPSA) is 58.4 Å². The summed E-state index contributed by atoms with van der Waals surface area (Å²) in [6, 6.07) is 8.43. The molecule has 0 radical (unpaired) electrons. The molecule has 4 nitrogen and oxygen atoms in total. The molecule has 0 spiro atoms. The quantitative estimate of drug-likeness (QED) is 0.735. The van der Waals surface area contributed by atoms with Gasteiger partial charge in [-0.15, -0.1) is 0 Å². The Hall–Kier alpha value is -1.55. The van der Waals surface area contributed by atoms with Gasteiger partial charge in [0.15, 0.2) is 0 Å². The van der Waals surface area contributed by atoms with E-state index in [9.17, 15) is 4.79 Å². The third-order valence-corrected chi connectivity index (χ3v) is 3.41. The molecule has 1 aliphatic rings. The molecule has 1 saturated carbocycles. The minimum atomic E-state index is 0.114. The van der Waals surface area contributed by atoms with Crippen molar-refractivity contribution in [3.63, 3.8) is 0 Å². The van der Waals surface area contributed by atoms with E-state index >= 15 is 0 Å². The summed E-state index contributed by atoms with van der Waals surface area (Å²) in [5.41, 5.74) is 7.89. The number of carbonyl (C=O) groups excluding carboxylic acids is 1. The number of carbonyl (C=O) groups is 1. The van der Waals surface area contributed by atoms with Crippen LogP contribution in [0.4, 0.5) is 5.69 Å². The van der Waals surface area contributed by atoms with E-state index in [4.69, 9.17) is 5.73 Å². The molecule has 0 unspecified atom stereocenters. The number of rotatable bonds is 7. The number of para-hydroxylation sites is 1. The molecule has 0 aliphatic heterocycles. The van der Waals surface area contributed by atoms with Crippen LogP contribution in [-0.2, 0) is 11.3 Å². The second-order valence-electron chi connectivity index (χ2n) is 5.18. The predicted molar refractivity (Wildman–Crippen MR) is 77.6 cm³/mol. The number of anilines is 1. The highest BCUT2D eigenvalue weighted by atomic mass is 16.2. The first-order valence-corrected chi connectivity index (χ1v) is 7.05. The molecule has 4 heteroatoms. The molecule has 19 heavy (non-hydrogen) atoms. The molecular formula is C15H23N3O. The SMILES string of the molecule is CCCNC(=O)CN(Cc1ccccc1N)C1CC1. The zero-order valence-electron chi connectivity index (χ0n) is 11.6. The minimum absolute atomic E-state index is 0.114. The van der Waals surface area contributed by atoms with Gasteiger partial charge < -0.3 is 11.1 Å². The maximum atomic E-state index is 11.8. The monoisotopic (exact) mass is 261 g/mol. The van der Waals surface area contributed by atoms with Crippen LogP contribution in [0.15, 0.2) is 24.3 Å². The highest BCUT2D eigenvalue weighted by Crippen LogP contribution is 2.28. The Balaban J connectivity index is 1.93. The lowest BCUT2D eigenvalue weighted by molar-refractivity contribution is -0.122. The number of nitrogens with zero attached hydrogens (tertiary/aromatic N) is 1.